The van der Waals surface area contributed by atoms with E-state index < -0.39 is 10.0 Å². The largest absolute Gasteiger partial charge is 0.382 e. The zero-order chi connectivity index (χ0) is 21.1. The molecule has 3 aromatic rings. The second-order valence-corrected chi connectivity index (χ2v) is 10.1. The molecule has 7 heteroatoms. The van der Waals surface area contributed by atoms with Crippen LogP contribution in [0.15, 0.2) is 54.9 Å². The Bertz CT molecular complexity index is 1140. The first-order valence-electron chi connectivity index (χ1n) is 10.4. The van der Waals surface area contributed by atoms with Crippen molar-refractivity contribution in [3.05, 3.63) is 60.4 Å². The van der Waals surface area contributed by atoms with Gasteiger partial charge in [0.2, 0.25) is 10.0 Å². The number of piperidine rings is 1. The van der Waals surface area contributed by atoms with Crippen LogP contribution in [-0.2, 0) is 10.0 Å². The molecule has 1 aliphatic rings. The van der Waals surface area contributed by atoms with Crippen molar-refractivity contribution < 1.29 is 8.42 Å². The summed E-state index contributed by atoms with van der Waals surface area (Å²) in [5.74, 6) is 0.161. The predicted molar refractivity (Wildman–Crippen MR) is 124 cm³/mol. The topological polar surface area (TPSA) is 74.3 Å². The van der Waals surface area contributed by atoms with E-state index in [-0.39, 0.29) is 11.8 Å². The van der Waals surface area contributed by atoms with Crippen LogP contribution in [-0.4, -0.2) is 42.6 Å². The van der Waals surface area contributed by atoms with Gasteiger partial charge in [-0.1, -0.05) is 12.1 Å². The fourth-order valence-electron chi connectivity index (χ4n) is 3.96. The van der Waals surface area contributed by atoms with Gasteiger partial charge in [-0.2, -0.15) is 0 Å². The number of aryl methyl sites for hydroxylation is 1. The van der Waals surface area contributed by atoms with Crippen molar-refractivity contribution in [2.75, 3.05) is 29.5 Å². The van der Waals surface area contributed by atoms with E-state index in [1.807, 2.05) is 18.3 Å². The SMILES string of the molecule is CCS(=O)(=O)N1CCC(Nc2cc(Nc3cccc(C)c3)cc3ccncc23)CC1. The minimum absolute atomic E-state index is 0.161. The van der Waals surface area contributed by atoms with Gasteiger partial charge in [0.1, 0.15) is 0 Å². The Morgan fingerprint density at radius 3 is 2.63 bits per heavy atom. The van der Waals surface area contributed by atoms with Crippen LogP contribution in [0.2, 0.25) is 0 Å². The minimum atomic E-state index is -3.11. The summed E-state index contributed by atoms with van der Waals surface area (Å²) < 4.78 is 25.9. The lowest BCUT2D eigenvalue weighted by Gasteiger charge is -2.32. The quantitative estimate of drug-likeness (QED) is 0.609. The average Bonchev–Trinajstić information content (AvgIpc) is 2.74. The highest BCUT2D eigenvalue weighted by Crippen LogP contribution is 2.31. The second-order valence-electron chi connectivity index (χ2n) is 7.83. The van der Waals surface area contributed by atoms with Crippen LogP contribution in [0, 0.1) is 6.92 Å². The first kappa shape index (κ1) is 20.6. The molecule has 0 saturated carbocycles. The maximum absolute atomic E-state index is 12.1. The molecule has 158 valence electrons. The van der Waals surface area contributed by atoms with Gasteiger partial charge in [0, 0.05) is 54.0 Å². The van der Waals surface area contributed by atoms with Crippen molar-refractivity contribution in [2.45, 2.75) is 32.7 Å². The number of benzene rings is 2. The lowest BCUT2D eigenvalue weighted by atomic mass is 10.0. The van der Waals surface area contributed by atoms with E-state index in [4.69, 9.17) is 0 Å². The van der Waals surface area contributed by atoms with Gasteiger partial charge in [0.05, 0.1) is 5.75 Å². The molecular formula is C23H28N4O2S. The van der Waals surface area contributed by atoms with Crippen molar-refractivity contribution >= 4 is 37.9 Å². The summed E-state index contributed by atoms with van der Waals surface area (Å²) in [6.45, 7) is 4.90. The molecule has 1 aromatic heterocycles. The lowest BCUT2D eigenvalue weighted by molar-refractivity contribution is 0.330. The van der Waals surface area contributed by atoms with Gasteiger partial charge in [-0.15, -0.1) is 0 Å². The summed E-state index contributed by atoms with van der Waals surface area (Å²) >= 11 is 0. The summed E-state index contributed by atoms with van der Waals surface area (Å²) in [5, 5.41) is 9.32. The van der Waals surface area contributed by atoms with Crippen LogP contribution in [0.3, 0.4) is 0 Å². The number of hydrogen-bond acceptors (Lipinski definition) is 5. The van der Waals surface area contributed by atoms with Crippen LogP contribution in [0.4, 0.5) is 17.1 Å². The van der Waals surface area contributed by atoms with E-state index in [0.29, 0.717) is 13.1 Å². The van der Waals surface area contributed by atoms with E-state index in [0.717, 1.165) is 40.7 Å². The van der Waals surface area contributed by atoms with Gasteiger partial charge in [-0.3, -0.25) is 4.98 Å². The molecular weight excluding hydrogens is 396 g/mol. The predicted octanol–water partition coefficient (Wildman–Crippen LogP) is 4.51. The number of rotatable bonds is 6. The van der Waals surface area contributed by atoms with Gasteiger partial charge in [0.15, 0.2) is 0 Å². The maximum Gasteiger partial charge on any atom is 0.213 e. The third-order valence-electron chi connectivity index (χ3n) is 5.63. The molecule has 1 fully saturated rings. The molecule has 0 unspecified atom stereocenters. The molecule has 6 nitrogen and oxygen atoms in total. The molecule has 0 spiro atoms. The Morgan fingerprint density at radius 2 is 1.90 bits per heavy atom. The Balaban J connectivity index is 1.56. The minimum Gasteiger partial charge on any atom is -0.382 e. The molecule has 1 aliphatic heterocycles. The zero-order valence-electron chi connectivity index (χ0n) is 17.4. The normalized spacial score (nSPS) is 15.9. The van der Waals surface area contributed by atoms with Gasteiger partial charge in [-0.25, -0.2) is 12.7 Å². The highest BCUT2D eigenvalue weighted by Gasteiger charge is 2.26. The van der Waals surface area contributed by atoms with E-state index >= 15 is 0 Å². The van der Waals surface area contributed by atoms with E-state index in [9.17, 15) is 8.42 Å². The highest BCUT2D eigenvalue weighted by molar-refractivity contribution is 7.89. The summed E-state index contributed by atoms with van der Waals surface area (Å²) in [6, 6.07) is 14.8. The molecule has 2 N–H and O–H groups in total. The molecule has 2 aromatic carbocycles. The summed E-state index contributed by atoms with van der Waals surface area (Å²) in [6.07, 6.45) is 5.26. The van der Waals surface area contributed by atoms with Crippen molar-refractivity contribution in [1.82, 2.24) is 9.29 Å². The van der Waals surface area contributed by atoms with Gasteiger partial charge >= 0.3 is 0 Å². The molecule has 2 heterocycles. The third-order valence-corrected chi connectivity index (χ3v) is 7.52. The smallest absolute Gasteiger partial charge is 0.213 e. The summed E-state index contributed by atoms with van der Waals surface area (Å²) in [4.78, 5) is 4.30. The Kier molecular flexibility index (Phi) is 5.92. The van der Waals surface area contributed by atoms with E-state index in [1.165, 1.54) is 5.56 Å². The number of aromatic nitrogens is 1. The fraction of sp³-hybridized carbons (Fsp3) is 0.348. The highest BCUT2D eigenvalue weighted by atomic mass is 32.2. The third kappa shape index (κ3) is 4.57. The molecule has 0 amide bonds. The Morgan fingerprint density at radius 1 is 1.10 bits per heavy atom. The number of fused-ring (bicyclic) bond motifs is 1. The first-order chi connectivity index (χ1) is 14.4. The zero-order valence-corrected chi connectivity index (χ0v) is 18.2. The van der Waals surface area contributed by atoms with Crippen molar-refractivity contribution in [3.8, 4) is 0 Å². The molecule has 0 atom stereocenters. The number of sulfonamides is 1. The summed E-state index contributed by atoms with van der Waals surface area (Å²) in [5.41, 5.74) is 4.28. The number of pyridine rings is 1. The van der Waals surface area contributed by atoms with Crippen LogP contribution in [0.25, 0.3) is 10.8 Å². The van der Waals surface area contributed by atoms with E-state index in [1.54, 1.807) is 17.4 Å². The van der Waals surface area contributed by atoms with Crippen molar-refractivity contribution in [3.63, 3.8) is 0 Å². The number of anilines is 3. The van der Waals surface area contributed by atoms with Crippen LogP contribution >= 0.6 is 0 Å². The lowest BCUT2D eigenvalue weighted by Crippen LogP contribution is -2.42. The van der Waals surface area contributed by atoms with Gasteiger partial charge < -0.3 is 10.6 Å². The first-order valence-corrected chi connectivity index (χ1v) is 12.0. The Labute approximate surface area is 178 Å². The van der Waals surface area contributed by atoms with Crippen molar-refractivity contribution in [1.29, 1.82) is 0 Å². The standard InChI is InChI=1S/C23H28N4O2S/c1-3-30(28,29)27-11-8-19(9-12-27)26-23-15-21(14-18-7-10-24-16-22(18)23)25-20-6-4-5-17(2)13-20/h4-7,10,13-16,19,25-26H,3,8-9,11-12H2,1-2H3. The maximum atomic E-state index is 12.1. The molecule has 0 bridgehead atoms. The van der Waals surface area contributed by atoms with Crippen LogP contribution < -0.4 is 10.6 Å². The summed E-state index contributed by atoms with van der Waals surface area (Å²) in [7, 11) is -3.11. The van der Waals surface area contributed by atoms with Gasteiger partial charge in [0.25, 0.3) is 0 Å². The van der Waals surface area contributed by atoms with Crippen molar-refractivity contribution in [2.24, 2.45) is 0 Å². The molecule has 30 heavy (non-hydrogen) atoms. The fourth-order valence-corrected chi connectivity index (χ4v) is 5.09. The number of nitrogens with zero attached hydrogens (tertiary/aromatic N) is 2. The monoisotopic (exact) mass is 424 g/mol. The molecule has 0 aliphatic carbocycles. The second kappa shape index (κ2) is 8.62. The van der Waals surface area contributed by atoms with Gasteiger partial charge in [-0.05, 0) is 68.0 Å². The number of hydrogen-bond donors (Lipinski definition) is 2. The average molecular weight is 425 g/mol. The molecule has 1 saturated heterocycles. The molecule has 0 radical (unpaired) electrons. The van der Waals surface area contributed by atoms with Crippen LogP contribution in [0.5, 0.6) is 0 Å². The van der Waals surface area contributed by atoms with E-state index in [2.05, 4.69) is 52.9 Å². The van der Waals surface area contributed by atoms with Crippen LogP contribution in [0.1, 0.15) is 25.3 Å². The number of nitrogens with one attached hydrogen (secondary N) is 2. The molecule has 4 rings (SSSR count). The Hall–Kier alpha value is -2.64.